The number of aliphatic hydroxyl groups excluding tert-OH is 1. The average molecular weight is 1330 g/mol. The molecule has 0 saturated carbocycles. The van der Waals surface area contributed by atoms with Crippen LogP contribution in [-0.2, 0) is 44.7 Å². The van der Waals surface area contributed by atoms with Crippen molar-refractivity contribution in [2.75, 3.05) is 107 Å². The number of amides is 11. The minimum Gasteiger partial charge on any atom is -0.508 e. The number of anilines is 3. The van der Waals surface area contributed by atoms with E-state index in [4.69, 9.17) is 41.0 Å². The van der Waals surface area contributed by atoms with Crippen molar-refractivity contribution in [3.63, 3.8) is 0 Å². The van der Waals surface area contributed by atoms with Gasteiger partial charge >= 0.3 is 24.3 Å². The summed E-state index contributed by atoms with van der Waals surface area (Å²) < 4.78 is 29.5. The lowest BCUT2D eigenvalue weighted by atomic mass is 9.92. The van der Waals surface area contributed by atoms with Gasteiger partial charge in [-0.2, -0.15) is 0 Å². The molecule has 2 aliphatic heterocycles. The van der Waals surface area contributed by atoms with Crippen LogP contribution in [0.1, 0.15) is 57.3 Å². The lowest BCUT2D eigenvalue weighted by Crippen LogP contribution is -2.54. The molecule has 95 heavy (non-hydrogen) atoms. The highest BCUT2D eigenvalue weighted by Crippen LogP contribution is 2.47. The Labute approximate surface area is 550 Å². The number of nitrogens with two attached hydrogens (primary N) is 1. The Balaban J connectivity index is 0.871. The molecule has 8 rings (SSSR count). The number of aromatic hydroxyl groups is 1. The second kappa shape index (κ2) is 33.3. The maximum absolute atomic E-state index is 14.6. The van der Waals surface area contributed by atoms with Gasteiger partial charge in [0.25, 0.3) is 29.5 Å². The fourth-order valence-corrected chi connectivity index (χ4v) is 10.4. The highest BCUT2D eigenvalue weighted by atomic mass is 35.5. The first-order valence-electron chi connectivity index (χ1n) is 30.1. The fourth-order valence-electron chi connectivity index (χ4n) is 10.1. The maximum atomic E-state index is 14.6. The summed E-state index contributed by atoms with van der Waals surface area (Å²) in [6.45, 7) is 4.43. The Hall–Kier alpha value is -10.6. The average Bonchev–Trinajstić information content (AvgIpc) is 1.45. The van der Waals surface area contributed by atoms with Gasteiger partial charge in [-0.3, -0.25) is 33.7 Å². The molecule has 2 aromatic heterocycles. The molecule has 11 amide bonds. The van der Waals surface area contributed by atoms with Crippen LogP contribution in [0.4, 0.5) is 36.2 Å². The van der Waals surface area contributed by atoms with Crippen LogP contribution in [0, 0.1) is 12.8 Å². The summed E-state index contributed by atoms with van der Waals surface area (Å²) in [6, 6.07) is 19.1. The molecule has 0 bridgehead atoms. The summed E-state index contributed by atoms with van der Waals surface area (Å²) in [5.41, 5.74) is 9.34. The number of nitrogens with one attached hydrogen (secondary N) is 5. The van der Waals surface area contributed by atoms with Crippen molar-refractivity contribution in [3.8, 4) is 11.5 Å². The predicted molar refractivity (Wildman–Crippen MR) is 347 cm³/mol. The number of hydrogen-bond donors (Lipinski definition) is 8. The quantitative estimate of drug-likeness (QED) is 0.0125. The number of rotatable bonds is 30. The van der Waals surface area contributed by atoms with Crippen molar-refractivity contribution in [2.45, 2.75) is 45.4 Å². The van der Waals surface area contributed by atoms with Crippen LogP contribution < -0.4 is 42.0 Å². The van der Waals surface area contributed by atoms with E-state index in [1.165, 1.54) is 65.4 Å². The Morgan fingerprint density at radius 2 is 1.54 bits per heavy atom. The normalized spacial score (nSPS) is 14.0. The van der Waals surface area contributed by atoms with Crippen LogP contribution in [0.3, 0.4) is 0 Å². The second-order valence-electron chi connectivity index (χ2n) is 22.2. The third-order valence-corrected chi connectivity index (χ3v) is 15.5. The lowest BCUT2D eigenvalue weighted by Gasteiger charge is -2.26. The zero-order chi connectivity index (χ0) is 68.3. The number of alkyl halides is 1. The van der Waals surface area contributed by atoms with Gasteiger partial charge in [-0.25, -0.2) is 24.2 Å². The number of imide groups is 1. The standard InChI is InChI=1S/C65H73ClN12O17/c1-39(2)57(73-63(88)93-32-31-92-29-26-77-53(81)20-21-54(77)82)60(85)72-48(9-6-22-68-62(67)87)59(84)69-44-14-10-41(11-15-44)38-94-64(89)74(4)23-24-75(25-28-91-30-27-79)65(90)95-51-33-50-56(55-40(3)7-5-8-47(51)55)43(34-66)35-78(50)61(86)49-37-76-36-45(16-19-52(76)71-49)70-58(83)42-12-17-46(80)18-13-42/h5-21,33,36-37,39,43,48,57,79-80H,22-32,34-35,38H2,1-4H3,(H,69,84)(H,70,83)(H,72,85)(H,73,88)(H3,67,68,87)/b9-6+/t43-,48+,57+/m1/s1. The number of ether oxygens (including phenoxy) is 5. The van der Waals surface area contributed by atoms with Gasteiger partial charge < -0.3 is 85.3 Å². The molecule has 0 aliphatic carbocycles. The SMILES string of the molecule is Cc1cccc2c(OC(=O)N(CCOCCO)CCN(C)C(=O)OCc3ccc(NC(=O)[C@H](/C=C/CNC(N)=O)NC(=O)[C@@H](NC(=O)OCCOCCN4C(=O)C=CC4=O)C(C)C)cc3)cc3c(c12)[C@H](CCl)CN3C(=O)c1cn2cc(NC(=O)c3ccc(O)cc3)ccc2n1. The minimum absolute atomic E-state index is 0.0000890. The molecule has 9 N–H and O–H groups in total. The number of fused-ring (bicyclic) bond motifs is 4. The van der Waals surface area contributed by atoms with E-state index >= 15 is 0 Å². The van der Waals surface area contributed by atoms with Crippen molar-refractivity contribution >= 4 is 105 Å². The monoisotopic (exact) mass is 1330 g/mol. The zero-order valence-electron chi connectivity index (χ0n) is 52.4. The number of carbonyl (C=O) groups excluding carboxylic acids is 10. The molecule has 0 unspecified atom stereocenters. The van der Waals surface area contributed by atoms with Gasteiger partial charge in [-0.1, -0.05) is 56.3 Å². The molecule has 0 saturated heterocycles. The first-order valence-corrected chi connectivity index (χ1v) is 30.7. The van der Waals surface area contributed by atoms with Crippen molar-refractivity contribution in [2.24, 2.45) is 11.7 Å². The number of imidazole rings is 1. The summed E-state index contributed by atoms with van der Waals surface area (Å²) >= 11 is 6.64. The number of hydrogen-bond acceptors (Lipinski definition) is 18. The molecular weight excluding hydrogens is 1260 g/mol. The molecule has 0 spiro atoms. The Morgan fingerprint density at radius 3 is 2.24 bits per heavy atom. The van der Waals surface area contributed by atoms with E-state index < -0.39 is 77.8 Å². The summed E-state index contributed by atoms with van der Waals surface area (Å²) in [5.74, 6) is -3.76. The van der Waals surface area contributed by atoms with Gasteiger partial charge in [-0.05, 0) is 83.4 Å². The summed E-state index contributed by atoms with van der Waals surface area (Å²) in [7, 11) is 1.48. The third kappa shape index (κ3) is 18.8. The number of phenols is 1. The number of primary amides is 1. The van der Waals surface area contributed by atoms with Crippen LogP contribution in [0.2, 0.25) is 0 Å². The molecule has 30 heteroatoms. The minimum atomic E-state index is -1.34. The molecule has 0 fully saturated rings. The first-order chi connectivity index (χ1) is 45.6. The third-order valence-electron chi connectivity index (χ3n) is 15.1. The van der Waals surface area contributed by atoms with E-state index in [1.807, 2.05) is 19.1 Å². The maximum Gasteiger partial charge on any atom is 0.415 e. The predicted octanol–water partition coefficient (Wildman–Crippen LogP) is 5.16. The molecule has 29 nitrogen and oxygen atoms in total. The van der Waals surface area contributed by atoms with Crippen LogP contribution >= 0.6 is 11.6 Å². The number of halogens is 1. The van der Waals surface area contributed by atoms with Gasteiger partial charge in [0.2, 0.25) is 5.91 Å². The van der Waals surface area contributed by atoms with Gasteiger partial charge in [0.05, 0.1) is 51.0 Å². The summed E-state index contributed by atoms with van der Waals surface area (Å²) in [5, 5.41) is 33.4. The number of carbonyl (C=O) groups is 10. The summed E-state index contributed by atoms with van der Waals surface area (Å²) in [4.78, 5) is 140. The highest BCUT2D eigenvalue weighted by molar-refractivity contribution is 6.19. The number of urea groups is 1. The number of aryl methyl sites for hydroxylation is 1. The molecule has 2 aliphatic rings. The molecule has 3 atom stereocenters. The zero-order valence-corrected chi connectivity index (χ0v) is 53.2. The van der Waals surface area contributed by atoms with E-state index in [2.05, 4.69) is 31.6 Å². The van der Waals surface area contributed by atoms with Crippen LogP contribution in [0.25, 0.3) is 16.4 Å². The van der Waals surface area contributed by atoms with Gasteiger partial charge in [0.1, 0.15) is 48.1 Å². The van der Waals surface area contributed by atoms with E-state index in [9.17, 15) is 58.2 Å². The number of pyridine rings is 1. The topological polar surface area (TPSA) is 374 Å². The Morgan fingerprint density at radius 1 is 0.811 bits per heavy atom. The molecule has 502 valence electrons. The molecular formula is C65H73ClN12O17. The molecule has 4 aromatic carbocycles. The number of phenolic OH excluding ortho intramolecular Hbond substituents is 1. The molecule has 4 heterocycles. The number of nitrogens with zero attached hydrogens (tertiary/aromatic N) is 6. The van der Waals surface area contributed by atoms with Crippen molar-refractivity contribution in [1.29, 1.82) is 0 Å². The van der Waals surface area contributed by atoms with Crippen molar-refractivity contribution < 1.29 is 81.8 Å². The fraction of sp³-hybridized carbons (Fsp3) is 0.338. The van der Waals surface area contributed by atoms with E-state index in [0.29, 0.717) is 33.5 Å². The highest BCUT2D eigenvalue weighted by Gasteiger charge is 2.37. The molecule has 0 radical (unpaired) electrons. The van der Waals surface area contributed by atoms with Crippen molar-refractivity contribution in [1.82, 2.24) is 40.0 Å². The smallest absolute Gasteiger partial charge is 0.415 e. The van der Waals surface area contributed by atoms with E-state index in [0.717, 1.165) is 33.6 Å². The van der Waals surface area contributed by atoms with Crippen LogP contribution in [0.5, 0.6) is 11.5 Å². The van der Waals surface area contributed by atoms with Gasteiger partial charge in [0.15, 0.2) is 0 Å². The largest absolute Gasteiger partial charge is 0.508 e. The number of alkyl carbamates (subject to hydrolysis) is 1. The number of aliphatic hydroxyl groups is 1. The summed E-state index contributed by atoms with van der Waals surface area (Å²) in [6.07, 6.45) is 5.66. The van der Waals surface area contributed by atoms with E-state index in [1.54, 1.807) is 71.9 Å². The van der Waals surface area contributed by atoms with Crippen LogP contribution in [0.15, 0.2) is 122 Å². The Bertz CT molecular complexity index is 3860. The number of aromatic nitrogens is 2. The lowest BCUT2D eigenvalue weighted by molar-refractivity contribution is -0.137. The van der Waals surface area contributed by atoms with Gasteiger partial charge in [0, 0.05) is 98.8 Å². The van der Waals surface area contributed by atoms with Crippen LogP contribution in [-0.4, -0.2) is 198 Å². The number of benzene rings is 4. The van der Waals surface area contributed by atoms with E-state index in [-0.39, 0.29) is 120 Å². The number of likely N-dealkylation sites (N-methyl/N-ethyl adjacent to an activating group) is 1. The van der Waals surface area contributed by atoms with Gasteiger partial charge in [-0.15, -0.1) is 11.6 Å². The second-order valence-corrected chi connectivity index (χ2v) is 22.5. The Kier molecular flexibility index (Phi) is 24.6. The van der Waals surface area contributed by atoms with Crippen molar-refractivity contribution in [3.05, 3.63) is 150 Å². The molecule has 6 aromatic rings. The first kappa shape index (κ1) is 70.3.